The number of ether oxygens (including phenoxy) is 2. The van der Waals surface area contributed by atoms with E-state index in [1.807, 2.05) is 25.1 Å². The van der Waals surface area contributed by atoms with E-state index < -0.39 is 69.5 Å². The van der Waals surface area contributed by atoms with Crippen molar-refractivity contribution in [3.8, 4) is 0 Å². The molecule has 44 heavy (non-hydrogen) atoms. The number of rotatable bonds is 9. The predicted molar refractivity (Wildman–Crippen MR) is 161 cm³/mol. The standard InChI is InChI=1S/C31H40N4O8S/c1-20-12-14-23(15-13-20)44(40,41)35-16-8-11-25(35)26(36)31(28(33)38)18-22(19-34(31)29(39)43-30(2,3)4)42-27(37)24(32)17-21-9-6-5-7-10-21/h5-7,9-10,12-15,22,24-25H,8,11,16-19,32H2,1-4H3,(H2,33,38)/t22?,24-,25-,31+/m0/s1. The number of benzene rings is 2. The molecule has 0 saturated carbocycles. The topological polar surface area (TPSA) is 179 Å². The second kappa shape index (κ2) is 12.7. The molecule has 0 aliphatic carbocycles. The average molecular weight is 629 g/mol. The van der Waals surface area contributed by atoms with E-state index in [1.165, 1.54) is 12.1 Å². The van der Waals surface area contributed by atoms with Crippen LogP contribution in [0.5, 0.6) is 0 Å². The van der Waals surface area contributed by atoms with Crippen LogP contribution in [-0.2, 0) is 40.3 Å². The van der Waals surface area contributed by atoms with Crippen LogP contribution in [0, 0.1) is 6.92 Å². The van der Waals surface area contributed by atoms with Crippen molar-refractivity contribution in [2.24, 2.45) is 11.5 Å². The number of esters is 1. The van der Waals surface area contributed by atoms with Gasteiger partial charge in [-0.3, -0.25) is 19.3 Å². The van der Waals surface area contributed by atoms with Crippen LogP contribution in [0.2, 0.25) is 0 Å². The smallest absolute Gasteiger partial charge is 0.411 e. The van der Waals surface area contributed by atoms with Gasteiger partial charge in [0, 0.05) is 13.0 Å². The fourth-order valence-corrected chi connectivity index (χ4v) is 7.35. The van der Waals surface area contributed by atoms with Gasteiger partial charge in [-0.1, -0.05) is 48.0 Å². The highest BCUT2D eigenvalue weighted by molar-refractivity contribution is 7.89. The first-order valence-electron chi connectivity index (χ1n) is 14.5. The van der Waals surface area contributed by atoms with Gasteiger partial charge in [0.05, 0.1) is 17.5 Å². The van der Waals surface area contributed by atoms with Crippen molar-refractivity contribution in [1.29, 1.82) is 0 Å². The van der Waals surface area contributed by atoms with Crippen LogP contribution in [0.1, 0.15) is 51.2 Å². The molecule has 2 aromatic carbocycles. The largest absolute Gasteiger partial charge is 0.459 e. The third kappa shape index (κ3) is 6.79. The zero-order valence-electron chi connectivity index (χ0n) is 25.4. The van der Waals surface area contributed by atoms with Crippen LogP contribution in [0.4, 0.5) is 4.79 Å². The summed E-state index contributed by atoms with van der Waals surface area (Å²) >= 11 is 0. The molecule has 1 unspecified atom stereocenters. The van der Waals surface area contributed by atoms with Gasteiger partial charge in [0.15, 0.2) is 11.3 Å². The Bertz CT molecular complexity index is 1510. The lowest BCUT2D eigenvalue weighted by molar-refractivity contribution is -0.151. The van der Waals surface area contributed by atoms with Crippen LogP contribution >= 0.6 is 0 Å². The van der Waals surface area contributed by atoms with E-state index in [2.05, 4.69) is 0 Å². The lowest BCUT2D eigenvalue weighted by Crippen LogP contribution is -2.65. The van der Waals surface area contributed by atoms with E-state index in [9.17, 15) is 27.6 Å². The molecule has 2 fully saturated rings. The summed E-state index contributed by atoms with van der Waals surface area (Å²) in [7, 11) is -4.15. The number of Topliss-reactive ketones (excluding diaryl/α,β-unsaturated/α-hetero) is 1. The molecule has 4 atom stereocenters. The number of nitrogens with two attached hydrogens (primary N) is 2. The minimum atomic E-state index is -4.15. The fraction of sp³-hybridized carbons (Fsp3) is 0.484. The van der Waals surface area contributed by atoms with Crippen LogP contribution < -0.4 is 11.5 Å². The van der Waals surface area contributed by atoms with E-state index in [1.54, 1.807) is 45.0 Å². The van der Waals surface area contributed by atoms with Gasteiger partial charge in [0.2, 0.25) is 10.0 Å². The predicted octanol–water partition coefficient (Wildman–Crippen LogP) is 2.06. The van der Waals surface area contributed by atoms with E-state index >= 15 is 0 Å². The molecular weight excluding hydrogens is 588 g/mol. The van der Waals surface area contributed by atoms with E-state index in [0.29, 0.717) is 6.42 Å². The monoisotopic (exact) mass is 628 g/mol. The SMILES string of the molecule is Cc1ccc(S(=O)(=O)N2CCC[C@H]2C(=O)[C@@]2(C(N)=O)CC(OC(=O)[C@@H](N)Cc3ccccc3)CN2C(=O)OC(C)(C)C)cc1. The molecule has 0 bridgehead atoms. The first-order valence-corrected chi connectivity index (χ1v) is 15.9. The maximum absolute atomic E-state index is 14.4. The average Bonchev–Trinajstić information content (AvgIpc) is 3.59. The molecule has 0 aromatic heterocycles. The minimum Gasteiger partial charge on any atom is -0.459 e. The summed E-state index contributed by atoms with van der Waals surface area (Å²) in [4.78, 5) is 55.1. The van der Waals surface area contributed by atoms with Crippen molar-refractivity contribution in [2.75, 3.05) is 13.1 Å². The summed E-state index contributed by atoms with van der Waals surface area (Å²) in [6.07, 6.45) is -2.02. The number of amides is 2. The summed E-state index contributed by atoms with van der Waals surface area (Å²) in [5.74, 6) is -2.85. The van der Waals surface area contributed by atoms with Crippen LogP contribution in [-0.4, -0.2) is 83.8 Å². The van der Waals surface area contributed by atoms with Crippen molar-refractivity contribution >= 4 is 33.8 Å². The molecular formula is C31H40N4O8S. The molecule has 0 radical (unpaired) electrons. The Morgan fingerprint density at radius 1 is 1.05 bits per heavy atom. The molecule has 2 saturated heterocycles. The Morgan fingerprint density at radius 3 is 2.27 bits per heavy atom. The number of hydrogen-bond donors (Lipinski definition) is 2. The molecule has 0 spiro atoms. The molecule has 2 aromatic rings. The van der Waals surface area contributed by atoms with Gasteiger partial charge in [0.1, 0.15) is 17.7 Å². The highest BCUT2D eigenvalue weighted by Crippen LogP contribution is 2.38. The second-order valence-electron chi connectivity index (χ2n) is 12.3. The summed E-state index contributed by atoms with van der Waals surface area (Å²) in [6.45, 7) is 6.30. The second-order valence-corrected chi connectivity index (χ2v) is 14.2. The molecule has 13 heteroatoms. The van der Waals surface area contributed by atoms with Gasteiger partial charge >= 0.3 is 12.1 Å². The molecule has 4 rings (SSSR count). The molecule has 12 nitrogen and oxygen atoms in total. The third-order valence-corrected chi connectivity index (χ3v) is 9.74. The molecule has 2 aliphatic heterocycles. The number of aryl methyl sites for hydroxylation is 1. The Kier molecular flexibility index (Phi) is 9.52. The summed E-state index contributed by atoms with van der Waals surface area (Å²) < 4.78 is 39.5. The first-order chi connectivity index (χ1) is 20.6. The summed E-state index contributed by atoms with van der Waals surface area (Å²) in [5, 5.41) is 0. The Balaban J connectivity index is 1.66. The number of ketones is 1. The van der Waals surface area contributed by atoms with Gasteiger partial charge in [-0.25, -0.2) is 13.2 Å². The van der Waals surface area contributed by atoms with Gasteiger partial charge in [-0.05, 0) is 64.7 Å². The van der Waals surface area contributed by atoms with Crippen LogP contribution in [0.25, 0.3) is 0 Å². The van der Waals surface area contributed by atoms with Gasteiger partial charge in [-0.2, -0.15) is 4.31 Å². The molecule has 2 aliphatic rings. The van der Waals surface area contributed by atoms with Gasteiger partial charge in [0.25, 0.3) is 5.91 Å². The number of nitrogens with zero attached hydrogens (tertiary/aromatic N) is 2. The van der Waals surface area contributed by atoms with Crippen LogP contribution in [0.15, 0.2) is 59.5 Å². The van der Waals surface area contributed by atoms with Crippen molar-refractivity contribution in [3.05, 3.63) is 65.7 Å². The van der Waals surface area contributed by atoms with Crippen molar-refractivity contribution in [2.45, 2.75) is 87.6 Å². The van der Waals surface area contributed by atoms with Crippen LogP contribution in [0.3, 0.4) is 0 Å². The molecule has 2 amide bonds. The van der Waals surface area contributed by atoms with Gasteiger partial charge in [-0.15, -0.1) is 0 Å². The zero-order valence-corrected chi connectivity index (χ0v) is 26.2. The Hall–Kier alpha value is -3.81. The number of primary amides is 1. The zero-order chi connectivity index (χ0) is 32.4. The number of likely N-dealkylation sites (tertiary alicyclic amines) is 1. The van der Waals surface area contributed by atoms with Crippen molar-refractivity contribution < 1.29 is 37.1 Å². The highest BCUT2D eigenvalue weighted by atomic mass is 32.2. The molecule has 2 heterocycles. The van der Waals surface area contributed by atoms with E-state index in [-0.39, 0.29) is 30.8 Å². The number of hydrogen-bond acceptors (Lipinski definition) is 9. The minimum absolute atomic E-state index is 0.00874. The maximum Gasteiger partial charge on any atom is 0.411 e. The third-order valence-electron chi connectivity index (χ3n) is 7.82. The summed E-state index contributed by atoms with van der Waals surface area (Å²) in [6, 6.07) is 12.9. The molecule has 238 valence electrons. The Morgan fingerprint density at radius 2 is 1.68 bits per heavy atom. The highest BCUT2D eigenvalue weighted by Gasteiger charge is 2.62. The summed E-state index contributed by atoms with van der Waals surface area (Å²) in [5.41, 5.74) is 10.3. The van der Waals surface area contributed by atoms with E-state index in [0.717, 1.165) is 20.3 Å². The molecule has 4 N–H and O–H groups in total. The number of carbonyl (C=O) groups excluding carboxylic acids is 4. The fourth-order valence-electron chi connectivity index (χ4n) is 5.69. The van der Waals surface area contributed by atoms with Gasteiger partial charge < -0.3 is 20.9 Å². The first kappa shape index (κ1) is 33.1. The lowest BCUT2D eigenvalue weighted by Gasteiger charge is -2.37. The number of sulfonamides is 1. The van der Waals surface area contributed by atoms with E-state index in [4.69, 9.17) is 20.9 Å². The Labute approximate surface area is 257 Å². The number of carbonyl (C=O) groups is 4. The van der Waals surface area contributed by atoms with Crippen molar-refractivity contribution in [1.82, 2.24) is 9.21 Å². The van der Waals surface area contributed by atoms with Crippen molar-refractivity contribution in [3.63, 3.8) is 0 Å². The lowest BCUT2D eigenvalue weighted by atomic mass is 9.85. The quantitative estimate of drug-likeness (QED) is 0.311. The normalized spacial score (nSPS) is 23.2. The maximum atomic E-state index is 14.4.